The predicted molar refractivity (Wildman–Crippen MR) is 81.0 cm³/mol. The molecule has 6 heteroatoms. The van der Waals surface area contributed by atoms with Gasteiger partial charge >= 0.3 is 0 Å². The Morgan fingerprint density at radius 3 is 3.05 bits per heavy atom. The summed E-state index contributed by atoms with van der Waals surface area (Å²) in [6, 6.07) is 7.65. The van der Waals surface area contributed by atoms with Crippen LogP contribution in [0.5, 0.6) is 0 Å². The summed E-state index contributed by atoms with van der Waals surface area (Å²) < 4.78 is 8.89. The Labute approximate surface area is 124 Å². The number of nitrogens with two attached hydrogens (primary N) is 1. The molecule has 0 aliphatic rings. The van der Waals surface area contributed by atoms with Crippen LogP contribution in [0.4, 0.5) is 0 Å². The lowest BCUT2D eigenvalue weighted by atomic mass is 10.2. The first kappa shape index (κ1) is 13.4. The molecule has 0 spiro atoms. The Morgan fingerprint density at radius 2 is 2.35 bits per heavy atom. The van der Waals surface area contributed by atoms with Gasteiger partial charge in [0.2, 0.25) is 0 Å². The van der Waals surface area contributed by atoms with Gasteiger partial charge < -0.3 is 8.98 Å². The number of benzene rings is 1. The summed E-state index contributed by atoms with van der Waals surface area (Å²) in [5.41, 5.74) is 3.60. The van der Waals surface area contributed by atoms with Gasteiger partial charge in [0.1, 0.15) is 23.2 Å². The van der Waals surface area contributed by atoms with Crippen molar-refractivity contribution in [2.24, 2.45) is 5.84 Å². The van der Waals surface area contributed by atoms with Crippen molar-refractivity contribution in [1.29, 1.82) is 0 Å². The zero-order valence-electron chi connectivity index (χ0n) is 11.0. The standard InChI is InChI=1S/C14H15BrN4O/c1-2-19-7-6-17-14(19)12(18-16)11-8-9-4-3-5-10(15)13(9)20-11/h3-8,12,18H,2,16H2,1H3. The number of aromatic nitrogens is 2. The van der Waals surface area contributed by atoms with E-state index in [2.05, 4.69) is 33.3 Å². The number of hydrazine groups is 1. The summed E-state index contributed by atoms with van der Waals surface area (Å²) in [5, 5.41) is 1.03. The molecule has 3 N–H and O–H groups in total. The lowest BCUT2D eigenvalue weighted by Crippen LogP contribution is -2.30. The van der Waals surface area contributed by atoms with Crippen LogP contribution < -0.4 is 11.3 Å². The topological polar surface area (TPSA) is 69.0 Å². The molecule has 0 aliphatic carbocycles. The van der Waals surface area contributed by atoms with E-state index in [9.17, 15) is 0 Å². The summed E-state index contributed by atoms with van der Waals surface area (Å²) in [5.74, 6) is 7.29. The molecular formula is C14H15BrN4O. The number of para-hydroxylation sites is 1. The number of halogens is 1. The third-order valence-electron chi connectivity index (χ3n) is 3.31. The zero-order chi connectivity index (χ0) is 14.1. The molecule has 0 amide bonds. The van der Waals surface area contributed by atoms with Crippen LogP contribution in [0.1, 0.15) is 24.6 Å². The van der Waals surface area contributed by atoms with Crippen molar-refractivity contribution in [3.8, 4) is 0 Å². The van der Waals surface area contributed by atoms with Crippen LogP contribution >= 0.6 is 15.9 Å². The van der Waals surface area contributed by atoms with Gasteiger partial charge in [0, 0.05) is 24.3 Å². The number of rotatable bonds is 4. The fourth-order valence-corrected chi connectivity index (χ4v) is 2.78. The Bertz CT molecular complexity index is 734. The Morgan fingerprint density at radius 1 is 1.50 bits per heavy atom. The van der Waals surface area contributed by atoms with Gasteiger partial charge in [-0.05, 0) is 35.0 Å². The van der Waals surface area contributed by atoms with Gasteiger partial charge in [-0.1, -0.05) is 12.1 Å². The molecule has 5 nitrogen and oxygen atoms in total. The fourth-order valence-electron chi connectivity index (χ4n) is 2.32. The van der Waals surface area contributed by atoms with Crippen molar-refractivity contribution < 1.29 is 4.42 Å². The molecule has 20 heavy (non-hydrogen) atoms. The first-order valence-electron chi connectivity index (χ1n) is 6.39. The molecule has 0 radical (unpaired) electrons. The number of nitrogens with one attached hydrogen (secondary N) is 1. The molecule has 3 aromatic rings. The van der Waals surface area contributed by atoms with E-state index in [1.165, 1.54) is 0 Å². The molecule has 0 saturated heterocycles. The Kier molecular flexibility index (Phi) is 3.60. The van der Waals surface area contributed by atoms with Gasteiger partial charge in [-0.25, -0.2) is 10.4 Å². The van der Waals surface area contributed by atoms with E-state index >= 15 is 0 Å². The Hall–Kier alpha value is -1.63. The summed E-state index contributed by atoms with van der Waals surface area (Å²) in [4.78, 5) is 4.38. The number of imidazole rings is 1. The Balaban J connectivity index is 2.10. The predicted octanol–water partition coefficient (Wildman–Crippen LogP) is 2.96. The average Bonchev–Trinajstić information content (AvgIpc) is 3.07. The molecule has 2 aromatic heterocycles. The highest BCUT2D eigenvalue weighted by molar-refractivity contribution is 9.10. The van der Waals surface area contributed by atoms with Crippen LogP contribution in [-0.4, -0.2) is 9.55 Å². The van der Waals surface area contributed by atoms with Crippen molar-refractivity contribution >= 4 is 26.9 Å². The average molecular weight is 335 g/mol. The second kappa shape index (κ2) is 5.40. The monoisotopic (exact) mass is 334 g/mol. The van der Waals surface area contributed by atoms with E-state index in [0.717, 1.165) is 33.6 Å². The first-order chi connectivity index (χ1) is 9.74. The molecule has 3 rings (SSSR count). The van der Waals surface area contributed by atoms with Crippen molar-refractivity contribution in [1.82, 2.24) is 15.0 Å². The number of nitrogens with zero attached hydrogens (tertiary/aromatic N) is 2. The van der Waals surface area contributed by atoms with Crippen molar-refractivity contribution in [2.45, 2.75) is 19.5 Å². The van der Waals surface area contributed by atoms with Gasteiger partial charge in [0.25, 0.3) is 0 Å². The third kappa shape index (κ3) is 2.15. The van der Waals surface area contributed by atoms with E-state index in [1.807, 2.05) is 35.0 Å². The fraction of sp³-hybridized carbons (Fsp3) is 0.214. The van der Waals surface area contributed by atoms with Crippen LogP contribution in [0.2, 0.25) is 0 Å². The van der Waals surface area contributed by atoms with Crippen molar-refractivity contribution in [2.75, 3.05) is 0 Å². The third-order valence-corrected chi connectivity index (χ3v) is 3.94. The minimum atomic E-state index is -0.274. The molecule has 1 atom stereocenters. The van der Waals surface area contributed by atoms with E-state index in [1.54, 1.807) is 6.20 Å². The van der Waals surface area contributed by atoms with Gasteiger partial charge in [0.05, 0.1) is 4.47 Å². The van der Waals surface area contributed by atoms with Gasteiger partial charge in [-0.15, -0.1) is 0 Å². The van der Waals surface area contributed by atoms with Crippen molar-refractivity contribution in [3.63, 3.8) is 0 Å². The smallest absolute Gasteiger partial charge is 0.148 e. The summed E-state index contributed by atoms with van der Waals surface area (Å²) >= 11 is 3.49. The maximum atomic E-state index is 5.93. The normalized spacial score (nSPS) is 12.9. The second-order valence-electron chi connectivity index (χ2n) is 4.48. The molecule has 1 aromatic carbocycles. The van der Waals surface area contributed by atoms with Crippen LogP contribution in [0.3, 0.4) is 0 Å². The largest absolute Gasteiger partial charge is 0.458 e. The second-order valence-corrected chi connectivity index (χ2v) is 5.33. The lowest BCUT2D eigenvalue weighted by Gasteiger charge is -2.14. The summed E-state index contributed by atoms with van der Waals surface area (Å²) in [6.45, 7) is 2.89. The van der Waals surface area contributed by atoms with E-state index in [4.69, 9.17) is 10.3 Å². The van der Waals surface area contributed by atoms with Crippen LogP contribution in [-0.2, 0) is 6.54 Å². The quantitative estimate of drug-likeness (QED) is 0.568. The van der Waals surface area contributed by atoms with Gasteiger partial charge in [-0.3, -0.25) is 5.84 Å². The highest BCUT2D eigenvalue weighted by Crippen LogP contribution is 2.31. The molecule has 0 aliphatic heterocycles. The molecule has 0 fully saturated rings. The molecule has 1 unspecified atom stereocenters. The van der Waals surface area contributed by atoms with E-state index in [-0.39, 0.29) is 6.04 Å². The van der Waals surface area contributed by atoms with Gasteiger partial charge in [0.15, 0.2) is 0 Å². The van der Waals surface area contributed by atoms with Crippen LogP contribution in [0.25, 0.3) is 11.0 Å². The highest BCUT2D eigenvalue weighted by Gasteiger charge is 2.22. The SMILES string of the molecule is CCn1ccnc1C(NN)c1cc2cccc(Br)c2o1. The molecule has 0 saturated carbocycles. The number of fused-ring (bicyclic) bond motifs is 1. The minimum absolute atomic E-state index is 0.274. The van der Waals surface area contributed by atoms with Crippen LogP contribution in [0, 0.1) is 0 Å². The minimum Gasteiger partial charge on any atom is -0.458 e. The number of hydrogen-bond donors (Lipinski definition) is 2. The molecule has 0 bridgehead atoms. The maximum Gasteiger partial charge on any atom is 0.148 e. The zero-order valence-corrected chi connectivity index (χ0v) is 12.6. The lowest BCUT2D eigenvalue weighted by molar-refractivity contribution is 0.451. The molecule has 2 heterocycles. The van der Waals surface area contributed by atoms with Crippen LogP contribution in [0.15, 0.2) is 45.5 Å². The van der Waals surface area contributed by atoms with E-state index in [0.29, 0.717) is 0 Å². The maximum absolute atomic E-state index is 5.93. The first-order valence-corrected chi connectivity index (χ1v) is 7.19. The number of aryl methyl sites for hydroxylation is 1. The van der Waals surface area contributed by atoms with E-state index < -0.39 is 0 Å². The number of furan rings is 1. The highest BCUT2D eigenvalue weighted by atomic mass is 79.9. The summed E-state index contributed by atoms with van der Waals surface area (Å²) in [7, 11) is 0. The van der Waals surface area contributed by atoms with Gasteiger partial charge in [-0.2, -0.15) is 0 Å². The molecular weight excluding hydrogens is 320 g/mol. The van der Waals surface area contributed by atoms with Crippen molar-refractivity contribution in [3.05, 3.63) is 52.7 Å². The summed E-state index contributed by atoms with van der Waals surface area (Å²) in [6.07, 6.45) is 3.69. The molecule has 104 valence electrons. The number of hydrogen-bond acceptors (Lipinski definition) is 4.